The van der Waals surface area contributed by atoms with Gasteiger partial charge in [-0.05, 0) is 31.9 Å². The van der Waals surface area contributed by atoms with Crippen LogP contribution in [0.15, 0.2) is 30.3 Å². The van der Waals surface area contributed by atoms with Gasteiger partial charge in [0.2, 0.25) is 0 Å². The Morgan fingerprint density at radius 3 is 2.40 bits per heavy atom. The first-order valence-electron chi connectivity index (χ1n) is 8.06. The summed E-state index contributed by atoms with van der Waals surface area (Å²) in [6.07, 6.45) is 5.27. The van der Waals surface area contributed by atoms with Gasteiger partial charge in [-0.25, -0.2) is 0 Å². The Bertz CT molecular complexity index is 339. The number of unbranched alkanes of at least 4 members (excludes halogenated alkanes) is 1. The second-order valence-corrected chi connectivity index (χ2v) is 5.63. The van der Waals surface area contributed by atoms with Crippen LogP contribution in [-0.2, 0) is 4.74 Å². The summed E-state index contributed by atoms with van der Waals surface area (Å²) in [5.74, 6) is 0.700. The summed E-state index contributed by atoms with van der Waals surface area (Å²) >= 11 is 0. The maximum absolute atomic E-state index is 6.14. The molecule has 114 valence electrons. The fourth-order valence-corrected chi connectivity index (χ4v) is 2.61. The normalized spacial score (nSPS) is 15.8. The van der Waals surface area contributed by atoms with Crippen LogP contribution in [0.3, 0.4) is 0 Å². The molecule has 0 spiro atoms. The maximum atomic E-state index is 6.14. The van der Waals surface area contributed by atoms with Crippen LogP contribution in [0.2, 0.25) is 0 Å². The van der Waals surface area contributed by atoms with Crippen LogP contribution in [0.5, 0.6) is 0 Å². The first kappa shape index (κ1) is 17.2. The van der Waals surface area contributed by atoms with Gasteiger partial charge >= 0.3 is 0 Å². The third-order valence-electron chi connectivity index (χ3n) is 4.08. The molecule has 0 fully saturated rings. The zero-order valence-corrected chi connectivity index (χ0v) is 13.6. The van der Waals surface area contributed by atoms with Crippen molar-refractivity contribution in [3.63, 3.8) is 0 Å². The molecule has 0 aliphatic rings. The lowest BCUT2D eigenvalue weighted by molar-refractivity contribution is 0.0153. The van der Waals surface area contributed by atoms with Gasteiger partial charge in [-0.15, -0.1) is 0 Å². The Labute approximate surface area is 124 Å². The number of benzene rings is 1. The second-order valence-electron chi connectivity index (χ2n) is 5.63. The number of nitrogens with one attached hydrogen (secondary N) is 1. The molecule has 3 atom stereocenters. The lowest BCUT2D eigenvalue weighted by Gasteiger charge is -2.26. The molecule has 0 saturated carbocycles. The molecule has 20 heavy (non-hydrogen) atoms. The van der Waals surface area contributed by atoms with Crippen molar-refractivity contribution in [3.05, 3.63) is 35.9 Å². The summed E-state index contributed by atoms with van der Waals surface area (Å²) in [6, 6.07) is 10.8. The van der Waals surface area contributed by atoms with E-state index in [4.69, 9.17) is 4.74 Å². The highest BCUT2D eigenvalue weighted by Crippen LogP contribution is 2.21. The second kappa shape index (κ2) is 9.95. The fourth-order valence-electron chi connectivity index (χ4n) is 2.61. The molecule has 0 aliphatic heterocycles. The number of ether oxygens (including phenoxy) is 1. The van der Waals surface area contributed by atoms with Crippen molar-refractivity contribution in [1.29, 1.82) is 0 Å². The standard InChI is InChI=1S/C18H31NO/c1-5-7-11-16(6-2)14-20-15(3)18(19-4)17-12-9-8-10-13-17/h8-10,12-13,15-16,18-19H,5-7,11,14H2,1-4H3. The maximum Gasteiger partial charge on any atom is 0.0741 e. The van der Waals surface area contributed by atoms with Gasteiger partial charge in [0.05, 0.1) is 12.1 Å². The fraction of sp³-hybridized carbons (Fsp3) is 0.667. The Balaban J connectivity index is 2.49. The molecule has 0 bridgehead atoms. The third-order valence-corrected chi connectivity index (χ3v) is 4.08. The van der Waals surface area contributed by atoms with E-state index in [0.717, 1.165) is 6.61 Å². The molecule has 0 aliphatic carbocycles. The molecule has 3 unspecified atom stereocenters. The predicted molar refractivity (Wildman–Crippen MR) is 87.0 cm³/mol. The van der Waals surface area contributed by atoms with Gasteiger partial charge in [0.1, 0.15) is 0 Å². The topological polar surface area (TPSA) is 21.3 Å². The van der Waals surface area contributed by atoms with Crippen LogP contribution in [0, 0.1) is 5.92 Å². The van der Waals surface area contributed by atoms with Crippen LogP contribution in [-0.4, -0.2) is 19.8 Å². The first-order valence-corrected chi connectivity index (χ1v) is 8.06. The van der Waals surface area contributed by atoms with Gasteiger partial charge in [0.15, 0.2) is 0 Å². The van der Waals surface area contributed by atoms with E-state index in [1.807, 2.05) is 7.05 Å². The van der Waals surface area contributed by atoms with Crippen molar-refractivity contribution in [3.8, 4) is 0 Å². The molecule has 1 N–H and O–H groups in total. The predicted octanol–water partition coefficient (Wildman–Crippen LogP) is 4.57. The first-order chi connectivity index (χ1) is 9.72. The van der Waals surface area contributed by atoms with Crippen LogP contribution in [0.25, 0.3) is 0 Å². The van der Waals surface area contributed by atoms with Gasteiger partial charge in [-0.1, -0.05) is 63.4 Å². The number of hydrogen-bond donors (Lipinski definition) is 1. The van der Waals surface area contributed by atoms with Crippen LogP contribution in [0.4, 0.5) is 0 Å². The summed E-state index contributed by atoms with van der Waals surface area (Å²) in [6.45, 7) is 7.56. The van der Waals surface area contributed by atoms with E-state index in [1.54, 1.807) is 0 Å². The Morgan fingerprint density at radius 2 is 1.85 bits per heavy atom. The minimum atomic E-state index is 0.193. The van der Waals surface area contributed by atoms with Crippen molar-refractivity contribution in [2.45, 2.75) is 58.6 Å². The highest BCUT2D eigenvalue weighted by atomic mass is 16.5. The van der Waals surface area contributed by atoms with E-state index in [2.05, 4.69) is 56.4 Å². The Hall–Kier alpha value is -0.860. The molecular formula is C18H31NO. The van der Waals surface area contributed by atoms with Crippen LogP contribution >= 0.6 is 0 Å². The molecule has 2 heteroatoms. The molecule has 0 amide bonds. The third kappa shape index (κ3) is 5.64. The minimum Gasteiger partial charge on any atom is -0.376 e. The summed E-state index contributed by atoms with van der Waals surface area (Å²) in [4.78, 5) is 0. The average molecular weight is 277 g/mol. The quantitative estimate of drug-likeness (QED) is 0.676. The van der Waals surface area contributed by atoms with Crippen molar-refractivity contribution in [2.75, 3.05) is 13.7 Å². The van der Waals surface area contributed by atoms with Crippen molar-refractivity contribution in [2.24, 2.45) is 5.92 Å². The number of hydrogen-bond acceptors (Lipinski definition) is 2. The molecular weight excluding hydrogens is 246 g/mol. The lowest BCUT2D eigenvalue weighted by atomic mass is 9.99. The zero-order valence-electron chi connectivity index (χ0n) is 13.6. The SMILES string of the molecule is CCCCC(CC)COC(C)C(NC)c1ccccc1. The Morgan fingerprint density at radius 1 is 1.15 bits per heavy atom. The average Bonchev–Trinajstić information content (AvgIpc) is 2.49. The van der Waals surface area contributed by atoms with E-state index < -0.39 is 0 Å². The lowest BCUT2D eigenvalue weighted by Crippen LogP contribution is -2.30. The zero-order chi connectivity index (χ0) is 14.8. The van der Waals surface area contributed by atoms with Gasteiger partial charge in [-0.3, -0.25) is 0 Å². The smallest absolute Gasteiger partial charge is 0.0741 e. The van der Waals surface area contributed by atoms with Crippen LogP contribution < -0.4 is 5.32 Å². The van der Waals surface area contributed by atoms with E-state index in [-0.39, 0.29) is 12.1 Å². The minimum absolute atomic E-state index is 0.193. The largest absolute Gasteiger partial charge is 0.376 e. The summed E-state index contributed by atoms with van der Waals surface area (Å²) in [5, 5.41) is 3.38. The van der Waals surface area contributed by atoms with Gasteiger partial charge in [0.25, 0.3) is 0 Å². The number of likely N-dealkylation sites (N-methyl/N-ethyl adjacent to an activating group) is 1. The van der Waals surface area contributed by atoms with Gasteiger partial charge in [-0.2, -0.15) is 0 Å². The van der Waals surface area contributed by atoms with Gasteiger partial charge in [0, 0.05) is 6.61 Å². The molecule has 1 aromatic carbocycles. The number of rotatable bonds is 10. The molecule has 0 heterocycles. The molecule has 1 rings (SSSR count). The summed E-state index contributed by atoms with van der Waals surface area (Å²) < 4.78 is 6.14. The van der Waals surface area contributed by atoms with Crippen molar-refractivity contribution in [1.82, 2.24) is 5.32 Å². The monoisotopic (exact) mass is 277 g/mol. The van der Waals surface area contributed by atoms with E-state index in [9.17, 15) is 0 Å². The summed E-state index contributed by atoms with van der Waals surface area (Å²) in [7, 11) is 2.01. The van der Waals surface area contributed by atoms with E-state index in [1.165, 1.54) is 31.2 Å². The summed E-state index contributed by atoms with van der Waals surface area (Å²) in [5.41, 5.74) is 1.30. The van der Waals surface area contributed by atoms with Crippen molar-refractivity contribution >= 4 is 0 Å². The highest BCUT2D eigenvalue weighted by molar-refractivity contribution is 5.19. The molecule has 2 nitrogen and oxygen atoms in total. The van der Waals surface area contributed by atoms with Crippen LogP contribution in [0.1, 0.15) is 58.1 Å². The van der Waals surface area contributed by atoms with E-state index >= 15 is 0 Å². The molecule has 1 aromatic rings. The van der Waals surface area contributed by atoms with Crippen molar-refractivity contribution < 1.29 is 4.74 Å². The van der Waals surface area contributed by atoms with Gasteiger partial charge < -0.3 is 10.1 Å². The Kier molecular flexibility index (Phi) is 8.56. The molecule has 0 radical (unpaired) electrons. The van der Waals surface area contributed by atoms with E-state index in [0.29, 0.717) is 5.92 Å². The highest BCUT2D eigenvalue weighted by Gasteiger charge is 2.19. The molecule has 0 saturated heterocycles. The molecule has 0 aromatic heterocycles.